The van der Waals surface area contributed by atoms with E-state index in [0.717, 1.165) is 16.7 Å². The second-order valence-corrected chi connectivity index (χ2v) is 4.89. The summed E-state index contributed by atoms with van der Waals surface area (Å²) >= 11 is 0. The van der Waals surface area contributed by atoms with Crippen molar-refractivity contribution < 1.29 is 9.90 Å². The molecule has 1 N–H and O–H groups in total. The van der Waals surface area contributed by atoms with Gasteiger partial charge in [-0.25, -0.2) is 0 Å². The molecule has 0 atom stereocenters. The lowest BCUT2D eigenvalue weighted by molar-refractivity contribution is 0.104. The number of aromatic hydroxyl groups is 1. The lowest BCUT2D eigenvalue weighted by Crippen LogP contribution is -1.94. The third-order valence-corrected chi connectivity index (χ3v) is 3.24. The third kappa shape index (κ3) is 3.37. The van der Waals surface area contributed by atoms with Crippen molar-refractivity contribution in [2.24, 2.45) is 0 Å². The van der Waals surface area contributed by atoms with Gasteiger partial charge in [0.15, 0.2) is 5.78 Å². The minimum atomic E-state index is -0.122. The van der Waals surface area contributed by atoms with Crippen LogP contribution < -0.4 is 0 Å². The van der Waals surface area contributed by atoms with Crippen LogP contribution >= 0.6 is 0 Å². The summed E-state index contributed by atoms with van der Waals surface area (Å²) < 4.78 is 0. The first kappa shape index (κ1) is 14.5. The number of phenols is 1. The normalized spacial score (nSPS) is 10.5. The van der Waals surface area contributed by atoms with Crippen molar-refractivity contribution in [2.45, 2.75) is 13.8 Å². The number of allylic oxidation sites excluding steroid dienone is 1. The van der Waals surface area contributed by atoms with Gasteiger partial charge in [0.25, 0.3) is 0 Å². The van der Waals surface area contributed by atoms with Crippen molar-refractivity contribution in [3.05, 3.63) is 70.3 Å². The first-order chi connectivity index (χ1) is 10.0. The smallest absolute Gasteiger partial charge is 0.185 e. The van der Waals surface area contributed by atoms with Gasteiger partial charge < -0.3 is 5.11 Å². The quantitative estimate of drug-likeness (QED) is 0.686. The van der Waals surface area contributed by atoms with Gasteiger partial charge >= 0.3 is 0 Å². The molecule has 0 fully saturated rings. The Morgan fingerprint density at radius 3 is 2.24 bits per heavy atom. The van der Waals surface area contributed by atoms with Crippen LogP contribution in [0.2, 0.25) is 0 Å². The summed E-state index contributed by atoms with van der Waals surface area (Å²) in [5.41, 5.74) is 3.49. The summed E-state index contributed by atoms with van der Waals surface area (Å²) in [5.74, 6) is 0.161. The van der Waals surface area contributed by atoms with Crippen molar-refractivity contribution in [1.29, 1.82) is 5.26 Å². The van der Waals surface area contributed by atoms with Gasteiger partial charge in [-0.1, -0.05) is 6.08 Å². The monoisotopic (exact) mass is 277 g/mol. The van der Waals surface area contributed by atoms with E-state index in [1.807, 2.05) is 32.0 Å². The summed E-state index contributed by atoms with van der Waals surface area (Å²) in [5, 5.41) is 18.4. The van der Waals surface area contributed by atoms with Crippen LogP contribution in [0.15, 0.2) is 42.5 Å². The van der Waals surface area contributed by atoms with E-state index < -0.39 is 0 Å². The summed E-state index contributed by atoms with van der Waals surface area (Å²) in [6.07, 6.45) is 3.21. The number of hydrogen-bond acceptors (Lipinski definition) is 3. The Kier molecular flexibility index (Phi) is 4.20. The highest BCUT2D eigenvalue weighted by atomic mass is 16.3. The number of nitriles is 1. The fourth-order valence-electron chi connectivity index (χ4n) is 2.06. The number of hydrogen-bond donors (Lipinski definition) is 1. The maximum Gasteiger partial charge on any atom is 0.185 e. The molecule has 0 bridgehead atoms. The van der Waals surface area contributed by atoms with E-state index in [2.05, 4.69) is 0 Å². The molecule has 0 saturated heterocycles. The van der Waals surface area contributed by atoms with Gasteiger partial charge in [-0.15, -0.1) is 0 Å². The largest absolute Gasteiger partial charge is 0.507 e. The van der Waals surface area contributed by atoms with E-state index in [4.69, 9.17) is 5.26 Å². The van der Waals surface area contributed by atoms with Crippen LogP contribution in [0.4, 0.5) is 0 Å². The zero-order valence-corrected chi connectivity index (χ0v) is 11.9. The highest BCUT2D eigenvalue weighted by Crippen LogP contribution is 2.23. The Balaban J connectivity index is 2.20. The molecule has 0 aliphatic rings. The minimum Gasteiger partial charge on any atom is -0.507 e. The second-order valence-electron chi connectivity index (χ2n) is 4.89. The number of benzene rings is 2. The molecule has 0 unspecified atom stereocenters. The van der Waals surface area contributed by atoms with Gasteiger partial charge in [0.05, 0.1) is 11.6 Å². The van der Waals surface area contributed by atoms with Gasteiger partial charge in [-0.05, 0) is 73.0 Å². The Bertz CT molecular complexity index is 727. The molecule has 0 aliphatic carbocycles. The molecule has 3 nitrogen and oxygen atoms in total. The van der Waals surface area contributed by atoms with Gasteiger partial charge in [-0.3, -0.25) is 4.79 Å². The Labute approximate surface area is 123 Å². The second kappa shape index (κ2) is 6.06. The van der Waals surface area contributed by atoms with Crippen LogP contribution in [0.1, 0.15) is 32.6 Å². The third-order valence-electron chi connectivity index (χ3n) is 3.24. The van der Waals surface area contributed by atoms with Crippen LogP contribution in [-0.4, -0.2) is 10.9 Å². The molecule has 0 spiro atoms. The first-order valence-corrected chi connectivity index (χ1v) is 6.54. The van der Waals surface area contributed by atoms with Gasteiger partial charge in [-0.2, -0.15) is 5.26 Å². The lowest BCUT2D eigenvalue weighted by Gasteiger charge is -2.04. The molecule has 0 heterocycles. The van der Waals surface area contributed by atoms with Gasteiger partial charge in [0.2, 0.25) is 0 Å². The zero-order valence-electron chi connectivity index (χ0n) is 11.9. The molecular weight excluding hydrogens is 262 g/mol. The molecule has 0 amide bonds. The van der Waals surface area contributed by atoms with E-state index in [0.29, 0.717) is 11.1 Å². The van der Waals surface area contributed by atoms with Crippen LogP contribution in [0, 0.1) is 25.2 Å². The molecule has 21 heavy (non-hydrogen) atoms. The van der Waals surface area contributed by atoms with Gasteiger partial charge in [0, 0.05) is 5.56 Å². The highest BCUT2D eigenvalue weighted by Gasteiger charge is 2.04. The molecule has 2 rings (SSSR count). The van der Waals surface area contributed by atoms with Crippen molar-refractivity contribution >= 4 is 11.9 Å². The molecule has 0 radical (unpaired) electrons. The van der Waals surface area contributed by atoms with E-state index in [9.17, 15) is 9.90 Å². The van der Waals surface area contributed by atoms with Crippen molar-refractivity contribution in [1.82, 2.24) is 0 Å². The Morgan fingerprint density at radius 1 is 1.14 bits per heavy atom. The minimum absolute atomic E-state index is 0.122. The Hall–Kier alpha value is -2.86. The number of carbonyl (C=O) groups excluding carboxylic acids is 1. The van der Waals surface area contributed by atoms with E-state index in [1.165, 1.54) is 6.08 Å². The maximum absolute atomic E-state index is 12.0. The molecular formula is C18H15NO2. The fourth-order valence-corrected chi connectivity index (χ4v) is 2.06. The number of ketones is 1. The topological polar surface area (TPSA) is 61.1 Å². The SMILES string of the molecule is Cc1cc(/C=C/C(=O)c2ccc(C#N)cc2)cc(C)c1O. The van der Waals surface area contributed by atoms with Gasteiger partial charge in [0.1, 0.15) is 5.75 Å². The van der Waals surface area contributed by atoms with E-state index in [-0.39, 0.29) is 11.5 Å². The van der Waals surface area contributed by atoms with Crippen LogP contribution in [0.25, 0.3) is 6.08 Å². The van der Waals surface area contributed by atoms with E-state index >= 15 is 0 Å². The first-order valence-electron chi connectivity index (χ1n) is 6.54. The van der Waals surface area contributed by atoms with Crippen molar-refractivity contribution in [3.8, 4) is 11.8 Å². The summed E-state index contributed by atoms with van der Waals surface area (Å²) in [4.78, 5) is 12.0. The summed E-state index contributed by atoms with van der Waals surface area (Å²) in [6, 6.07) is 12.2. The standard InChI is InChI=1S/C18H15NO2/c1-12-9-15(10-13(2)18(12)21)5-8-17(20)16-6-3-14(11-19)4-7-16/h3-10,21H,1-2H3/b8-5+. The summed E-state index contributed by atoms with van der Waals surface area (Å²) in [7, 11) is 0. The lowest BCUT2D eigenvalue weighted by atomic mass is 10.0. The molecule has 104 valence electrons. The average molecular weight is 277 g/mol. The Morgan fingerprint density at radius 2 is 1.71 bits per heavy atom. The van der Waals surface area contributed by atoms with Crippen LogP contribution in [-0.2, 0) is 0 Å². The van der Waals surface area contributed by atoms with E-state index in [1.54, 1.807) is 30.3 Å². The fraction of sp³-hybridized carbons (Fsp3) is 0.111. The molecule has 0 aromatic heterocycles. The summed E-state index contributed by atoms with van der Waals surface area (Å²) in [6.45, 7) is 3.64. The molecule has 3 heteroatoms. The molecule has 2 aromatic carbocycles. The van der Waals surface area contributed by atoms with Crippen molar-refractivity contribution in [3.63, 3.8) is 0 Å². The molecule has 2 aromatic rings. The van der Waals surface area contributed by atoms with Crippen LogP contribution in [0.3, 0.4) is 0 Å². The maximum atomic E-state index is 12.0. The number of rotatable bonds is 3. The predicted molar refractivity (Wildman–Crippen MR) is 82.1 cm³/mol. The van der Waals surface area contributed by atoms with Crippen LogP contribution in [0.5, 0.6) is 5.75 Å². The average Bonchev–Trinajstić information content (AvgIpc) is 2.50. The highest BCUT2D eigenvalue weighted by molar-refractivity contribution is 6.06. The number of nitrogens with zero attached hydrogens (tertiary/aromatic N) is 1. The zero-order chi connectivity index (χ0) is 15.4. The number of phenolic OH excluding ortho intramolecular Hbond substituents is 1. The van der Waals surface area contributed by atoms with Crippen molar-refractivity contribution in [2.75, 3.05) is 0 Å². The molecule has 0 aliphatic heterocycles. The predicted octanol–water partition coefficient (Wildman–Crippen LogP) is 3.78. The number of carbonyl (C=O) groups is 1. The molecule has 0 saturated carbocycles. The number of aryl methyl sites for hydroxylation is 2.